The third-order valence-electron chi connectivity index (χ3n) is 3.03. The van der Waals surface area contributed by atoms with Gasteiger partial charge in [-0.25, -0.2) is 13.1 Å². The van der Waals surface area contributed by atoms with Gasteiger partial charge in [0.05, 0.1) is 4.90 Å². The number of halogens is 1. The molecule has 2 rings (SSSR count). The molecular formula is C18H21ClN2O4S. The van der Waals surface area contributed by atoms with Crippen molar-refractivity contribution in [1.29, 1.82) is 0 Å². The van der Waals surface area contributed by atoms with Gasteiger partial charge in [0.1, 0.15) is 5.75 Å². The number of hydrogen-bond donors (Lipinski definition) is 2. The third-order valence-corrected chi connectivity index (χ3v) is 5.03. The average Bonchev–Trinajstić information content (AvgIpc) is 2.51. The van der Waals surface area contributed by atoms with E-state index in [1.165, 1.54) is 12.1 Å². The Bertz CT molecular complexity index is 892. The van der Waals surface area contributed by atoms with Crippen molar-refractivity contribution in [2.45, 2.75) is 31.2 Å². The molecule has 2 N–H and O–H groups in total. The first kappa shape index (κ1) is 20.2. The van der Waals surface area contributed by atoms with Crippen molar-refractivity contribution in [3.05, 3.63) is 53.6 Å². The van der Waals surface area contributed by atoms with Gasteiger partial charge in [0.2, 0.25) is 10.0 Å². The Kier molecular flexibility index (Phi) is 6.28. The lowest BCUT2D eigenvalue weighted by Crippen LogP contribution is -2.40. The highest BCUT2D eigenvalue weighted by Gasteiger charge is 2.22. The average molecular weight is 397 g/mol. The monoisotopic (exact) mass is 396 g/mol. The molecule has 0 aliphatic heterocycles. The van der Waals surface area contributed by atoms with Crippen LogP contribution in [-0.4, -0.2) is 26.5 Å². The quantitative estimate of drug-likeness (QED) is 0.783. The van der Waals surface area contributed by atoms with Crippen LogP contribution in [0.25, 0.3) is 0 Å². The first-order valence-corrected chi connectivity index (χ1v) is 9.73. The summed E-state index contributed by atoms with van der Waals surface area (Å²) in [6, 6.07) is 12.7. The fourth-order valence-corrected chi connectivity index (χ4v) is 3.75. The Morgan fingerprint density at radius 1 is 1.12 bits per heavy atom. The molecule has 0 aliphatic carbocycles. The molecule has 8 heteroatoms. The summed E-state index contributed by atoms with van der Waals surface area (Å²) in [6.45, 7) is 5.04. The van der Waals surface area contributed by atoms with Crippen LogP contribution in [0.5, 0.6) is 5.75 Å². The van der Waals surface area contributed by atoms with Crippen molar-refractivity contribution in [3.63, 3.8) is 0 Å². The van der Waals surface area contributed by atoms with Gasteiger partial charge in [-0.15, -0.1) is 0 Å². The predicted molar refractivity (Wildman–Crippen MR) is 102 cm³/mol. The minimum Gasteiger partial charge on any atom is -0.484 e. The molecule has 26 heavy (non-hydrogen) atoms. The molecule has 0 saturated carbocycles. The molecule has 0 heterocycles. The van der Waals surface area contributed by atoms with Gasteiger partial charge in [0, 0.05) is 16.2 Å². The van der Waals surface area contributed by atoms with Gasteiger partial charge < -0.3 is 10.1 Å². The summed E-state index contributed by atoms with van der Waals surface area (Å²) in [7, 11) is -3.68. The molecule has 0 aliphatic rings. The lowest BCUT2D eigenvalue weighted by molar-refractivity contribution is -0.118. The largest absolute Gasteiger partial charge is 0.484 e. The maximum absolute atomic E-state index is 12.4. The highest BCUT2D eigenvalue weighted by Crippen LogP contribution is 2.19. The van der Waals surface area contributed by atoms with Crippen LogP contribution in [0.1, 0.15) is 20.8 Å². The van der Waals surface area contributed by atoms with E-state index in [2.05, 4.69) is 10.0 Å². The summed E-state index contributed by atoms with van der Waals surface area (Å²) in [5, 5.41) is 3.12. The first-order chi connectivity index (χ1) is 12.0. The van der Waals surface area contributed by atoms with Gasteiger partial charge in [-0.05, 0) is 57.2 Å². The number of hydrogen-bond acceptors (Lipinski definition) is 4. The van der Waals surface area contributed by atoms with E-state index in [4.69, 9.17) is 16.3 Å². The van der Waals surface area contributed by atoms with Crippen LogP contribution in [0.4, 0.5) is 5.69 Å². The van der Waals surface area contributed by atoms with Crippen LogP contribution in [0.2, 0.25) is 5.02 Å². The fourth-order valence-electron chi connectivity index (χ4n) is 2.11. The van der Waals surface area contributed by atoms with Gasteiger partial charge in [-0.2, -0.15) is 0 Å². The second kappa shape index (κ2) is 8.07. The predicted octanol–water partition coefficient (Wildman–Crippen LogP) is 3.43. The van der Waals surface area contributed by atoms with E-state index in [-0.39, 0.29) is 11.5 Å². The van der Waals surface area contributed by atoms with E-state index in [1.807, 2.05) is 0 Å². The molecule has 6 nitrogen and oxygen atoms in total. The third kappa shape index (κ3) is 6.33. The maximum Gasteiger partial charge on any atom is 0.262 e. The van der Waals surface area contributed by atoms with Gasteiger partial charge >= 0.3 is 0 Å². The molecule has 1 amide bonds. The molecule has 140 valence electrons. The van der Waals surface area contributed by atoms with Gasteiger partial charge in [0.25, 0.3) is 5.91 Å². The second-order valence-electron chi connectivity index (χ2n) is 6.68. The Balaban J connectivity index is 2.02. The minimum atomic E-state index is -3.68. The van der Waals surface area contributed by atoms with Crippen molar-refractivity contribution < 1.29 is 17.9 Å². The first-order valence-electron chi connectivity index (χ1n) is 7.87. The van der Waals surface area contributed by atoms with Crippen molar-refractivity contribution >= 4 is 33.2 Å². The molecule has 0 saturated heterocycles. The number of carbonyl (C=O) groups is 1. The van der Waals surface area contributed by atoms with Crippen LogP contribution in [-0.2, 0) is 14.8 Å². The van der Waals surface area contributed by atoms with E-state index < -0.39 is 21.5 Å². The summed E-state index contributed by atoms with van der Waals surface area (Å²) >= 11 is 5.85. The Morgan fingerprint density at radius 3 is 2.46 bits per heavy atom. The fraction of sp³-hybridized carbons (Fsp3) is 0.278. The van der Waals surface area contributed by atoms with Crippen LogP contribution in [0.15, 0.2) is 53.4 Å². The highest BCUT2D eigenvalue weighted by atomic mass is 35.5. The summed E-state index contributed by atoms with van der Waals surface area (Å²) in [4.78, 5) is 12.1. The van der Waals surface area contributed by atoms with Crippen molar-refractivity contribution in [2.24, 2.45) is 0 Å². The lowest BCUT2D eigenvalue weighted by Gasteiger charge is -2.20. The number of benzene rings is 2. The van der Waals surface area contributed by atoms with E-state index in [0.29, 0.717) is 16.5 Å². The Morgan fingerprint density at radius 2 is 1.81 bits per heavy atom. The number of sulfonamides is 1. The SMILES string of the molecule is CC(C)(C)NS(=O)(=O)c1cccc(NC(=O)COc2cccc(Cl)c2)c1. The normalized spacial score (nSPS) is 11.8. The van der Waals surface area contributed by atoms with E-state index in [9.17, 15) is 13.2 Å². The van der Waals surface area contributed by atoms with Crippen molar-refractivity contribution in [3.8, 4) is 5.75 Å². The number of carbonyl (C=O) groups excluding carboxylic acids is 1. The lowest BCUT2D eigenvalue weighted by atomic mass is 10.1. The smallest absolute Gasteiger partial charge is 0.262 e. The molecule has 0 aromatic heterocycles. The number of amides is 1. The van der Waals surface area contributed by atoms with Gasteiger partial charge in [0.15, 0.2) is 6.61 Å². The zero-order valence-corrected chi connectivity index (χ0v) is 16.3. The zero-order chi connectivity index (χ0) is 19.4. The topological polar surface area (TPSA) is 84.5 Å². The Labute approximate surface area is 158 Å². The molecule has 0 atom stereocenters. The Hall–Kier alpha value is -2.09. The molecule has 2 aromatic carbocycles. The minimum absolute atomic E-state index is 0.0704. The van der Waals surface area contributed by atoms with Crippen molar-refractivity contribution in [2.75, 3.05) is 11.9 Å². The number of ether oxygens (including phenoxy) is 1. The van der Waals surface area contributed by atoms with E-state index in [1.54, 1.807) is 57.2 Å². The zero-order valence-electron chi connectivity index (χ0n) is 14.7. The molecule has 0 fully saturated rings. The molecule has 0 radical (unpaired) electrons. The second-order valence-corrected chi connectivity index (χ2v) is 8.80. The highest BCUT2D eigenvalue weighted by molar-refractivity contribution is 7.89. The molecule has 0 bridgehead atoms. The number of nitrogens with one attached hydrogen (secondary N) is 2. The van der Waals surface area contributed by atoms with Crippen molar-refractivity contribution in [1.82, 2.24) is 4.72 Å². The molecule has 0 spiro atoms. The van der Waals surface area contributed by atoms with Crippen LogP contribution >= 0.6 is 11.6 Å². The van der Waals surface area contributed by atoms with E-state index >= 15 is 0 Å². The van der Waals surface area contributed by atoms with Crippen LogP contribution in [0.3, 0.4) is 0 Å². The summed E-state index contributed by atoms with van der Waals surface area (Å²) in [5.41, 5.74) is -0.246. The van der Waals surface area contributed by atoms with Crippen LogP contribution < -0.4 is 14.8 Å². The number of anilines is 1. The summed E-state index contributed by atoms with van der Waals surface area (Å²) < 4.78 is 32.7. The van der Waals surface area contributed by atoms with Gasteiger partial charge in [-0.1, -0.05) is 23.7 Å². The van der Waals surface area contributed by atoms with Crippen LogP contribution in [0, 0.1) is 0 Å². The molecule has 0 unspecified atom stereocenters. The number of rotatable bonds is 6. The molecule has 2 aromatic rings. The standard InChI is InChI=1S/C18H21ClN2O4S/c1-18(2,3)21-26(23,24)16-9-5-7-14(11-16)20-17(22)12-25-15-8-4-6-13(19)10-15/h4-11,21H,12H2,1-3H3,(H,20,22). The van der Waals surface area contributed by atoms with Gasteiger partial charge in [-0.3, -0.25) is 4.79 Å². The molecular weight excluding hydrogens is 376 g/mol. The summed E-state index contributed by atoms with van der Waals surface area (Å²) in [6.07, 6.45) is 0. The van der Waals surface area contributed by atoms with E-state index in [0.717, 1.165) is 0 Å². The summed E-state index contributed by atoms with van der Waals surface area (Å²) in [5.74, 6) is 0.0571. The maximum atomic E-state index is 12.4.